The summed E-state index contributed by atoms with van der Waals surface area (Å²) in [6.07, 6.45) is 3.83. The molecule has 0 amide bonds. The van der Waals surface area contributed by atoms with Gasteiger partial charge >= 0.3 is 0 Å². The van der Waals surface area contributed by atoms with Gasteiger partial charge in [-0.05, 0) is 26.2 Å². The Labute approximate surface area is 79.7 Å². The van der Waals surface area contributed by atoms with Crippen molar-refractivity contribution in [1.29, 1.82) is 5.26 Å². The second-order valence-corrected chi connectivity index (χ2v) is 4.23. The molecule has 0 radical (unpaired) electrons. The maximum absolute atomic E-state index is 8.84. The van der Waals surface area contributed by atoms with Gasteiger partial charge in [0.1, 0.15) is 0 Å². The van der Waals surface area contributed by atoms with Gasteiger partial charge in [-0.15, -0.1) is 0 Å². The maximum Gasteiger partial charge on any atom is 0.0949 e. The van der Waals surface area contributed by atoms with Crippen LogP contribution in [0.2, 0.25) is 0 Å². The van der Waals surface area contributed by atoms with E-state index in [1.807, 2.05) is 6.92 Å². The second-order valence-electron chi connectivity index (χ2n) is 4.23. The zero-order valence-electron chi connectivity index (χ0n) is 8.16. The van der Waals surface area contributed by atoms with E-state index in [9.17, 15) is 0 Å². The van der Waals surface area contributed by atoms with Crippen LogP contribution in [0.1, 0.15) is 26.2 Å². The Morgan fingerprint density at radius 3 is 2.92 bits per heavy atom. The minimum absolute atomic E-state index is 0.0844. The summed E-state index contributed by atoms with van der Waals surface area (Å²) >= 11 is 0. The summed E-state index contributed by atoms with van der Waals surface area (Å²) < 4.78 is 0. The van der Waals surface area contributed by atoms with Crippen LogP contribution in [0.4, 0.5) is 0 Å². The highest BCUT2D eigenvalue weighted by Gasteiger charge is 2.30. The normalized spacial score (nSPS) is 36.6. The second kappa shape index (κ2) is 3.65. The fourth-order valence-corrected chi connectivity index (χ4v) is 2.40. The van der Waals surface area contributed by atoms with Gasteiger partial charge in [-0.2, -0.15) is 5.26 Å². The van der Waals surface area contributed by atoms with Crippen molar-refractivity contribution in [3.05, 3.63) is 0 Å². The van der Waals surface area contributed by atoms with Gasteiger partial charge in [-0.1, -0.05) is 0 Å². The summed E-state index contributed by atoms with van der Waals surface area (Å²) in [7, 11) is 0. The van der Waals surface area contributed by atoms with E-state index in [1.54, 1.807) is 0 Å². The number of hydrogen-bond donors (Lipinski definition) is 1. The molecule has 2 rings (SSSR count). The van der Waals surface area contributed by atoms with Crippen LogP contribution in [-0.4, -0.2) is 36.1 Å². The van der Waals surface area contributed by atoms with E-state index in [2.05, 4.69) is 16.3 Å². The average molecular weight is 179 g/mol. The van der Waals surface area contributed by atoms with Crippen LogP contribution in [0, 0.1) is 11.3 Å². The maximum atomic E-state index is 8.84. The first-order valence-electron chi connectivity index (χ1n) is 5.19. The van der Waals surface area contributed by atoms with Gasteiger partial charge in [0, 0.05) is 25.2 Å². The SMILES string of the molecule is CC(C#N)N1CCC2CCC(C1)N2. The topological polar surface area (TPSA) is 39.1 Å². The van der Waals surface area contributed by atoms with E-state index in [0.29, 0.717) is 6.04 Å². The molecule has 0 spiro atoms. The molecule has 2 aliphatic heterocycles. The Morgan fingerprint density at radius 1 is 1.38 bits per heavy atom. The van der Waals surface area contributed by atoms with E-state index >= 15 is 0 Å². The molecule has 0 saturated carbocycles. The highest BCUT2D eigenvalue weighted by atomic mass is 15.2. The van der Waals surface area contributed by atoms with E-state index in [0.717, 1.165) is 19.1 Å². The average Bonchev–Trinajstić information content (AvgIpc) is 2.45. The predicted molar refractivity (Wildman–Crippen MR) is 51.2 cm³/mol. The lowest BCUT2D eigenvalue weighted by Gasteiger charge is -2.25. The highest BCUT2D eigenvalue weighted by molar-refractivity contribution is 4.95. The zero-order chi connectivity index (χ0) is 9.26. The number of hydrogen-bond acceptors (Lipinski definition) is 3. The lowest BCUT2D eigenvalue weighted by atomic mass is 10.1. The van der Waals surface area contributed by atoms with Crippen LogP contribution >= 0.6 is 0 Å². The molecule has 2 aliphatic rings. The number of rotatable bonds is 1. The van der Waals surface area contributed by atoms with Gasteiger partial charge < -0.3 is 5.32 Å². The number of nitrogens with one attached hydrogen (secondary N) is 1. The molecule has 0 aromatic rings. The van der Waals surface area contributed by atoms with Gasteiger partial charge in [0.2, 0.25) is 0 Å². The van der Waals surface area contributed by atoms with Gasteiger partial charge in [0.15, 0.2) is 0 Å². The minimum Gasteiger partial charge on any atom is -0.310 e. The fourth-order valence-electron chi connectivity index (χ4n) is 2.40. The highest BCUT2D eigenvalue weighted by Crippen LogP contribution is 2.21. The van der Waals surface area contributed by atoms with Crippen molar-refractivity contribution in [1.82, 2.24) is 10.2 Å². The molecular weight excluding hydrogens is 162 g/mol. The molecule has 3 nitrogen and oxygen atoms in total. The molecule has 3 heteroatoms. The van der Waals surface area contributed by atoms with Crippen molar-refractivity contribution in [2.45, 2.75) is 44.3 Å². The predicted octanol–water partition coefficient (Wildman–Crippen LogP) is 0.725. The van der Waals surface area contributed by atoms with Crippen LogP contribution in [0.15, 0.2) is 0 Å². The van der Waals surface area contributed by atoms with Gasteiger partial charge in [0.05, 0.1) is 12.1 Å². The molecule has 3 atom stereocenters. The van der Waals surface area contributed by atoms with Crippen LogP contribution < -0.4 is 5.32 Å². The molecule has 2 bridgehead atoms. The van der Waals surface area contributed by atoms with Crippen LogP contribution in [-0.2, 0) is 0 Å². The Hall–Kier alpha value is -0.590. The first-order valence-corrected chi connectivity index (χ1v) is 5.19. The van der Waals surface area contributed by atoms with Crippen molar-refractivity contribution < 1.29 is 0 Å². The summed E-state index contributed by atoms with van der Waals surface area (Å²) in [5.74, 6) is 0. The number of fused-ring (bicyclic) bond motifs is 2. The van der Waals surface area contributed by atoms with E-state index in [1.165, 1.54) is 19.3 Å². The molecule has 2 saturated heterocycles. The molecule has 0 aliphatic carbocycles. The summed E-state index contributed by atoms with van der Waals surface area (Å²) in [5, 5.41) is 12.4. The molecule has 72 valence electrons. The van der Waals surface area contributed by atoms with Crippen LogP contribution in [0.3, 0.4) is 0 Å². The summed E-state index contributed by atoms with van der Waals surface area (Å²) in [5.41, 5.74) is 0. The monoisotopic (exact) mass is 179 g/mol. The molecule has 2 heterocycles. The Balaban J connectivity index is 1.97. The number of nitrogens with zero attached hydrogens (tertiary/aromatic N) is 2. The van der Waals surface area contributed by atoms with Gasteiger partial charge in [0.25, 0.3) is 0 Å². The Morgan fingerprint density at radius 2 is 2.15 bits per heavy atom. The largest absolute Gasteiger partial charge is 0.310 e. The molecule has 1 N–H and O–H groups in total. The van der Waals surface area contributed by atoms with Crippen molar-refractivity contribution in [3.8, 4) is 6.07 Å². The molecular formula is C10H17N3. The lowest BCUT2D eigenvalue weighted by Crippen LogP contribution is -2.39. The third-order valence-corrected chi connectivity index (χ3v) is 3.29. The van der Waals surface area contributed by atoms with Crippen molar-refractivity contribution in [2.75, 3.05) is 13.1 Å². The molecule has 2 fully saturated rings. The van der Waals surface area contributed by atoms with Crippen LogP contribution in [0.5, 0.6) is 0 Å². The quantitative estimate of drug-likeness (QED) is 0.645. The van der Waals surface area contributed by atoms with E-state index in [4.69, 9.17) is 5.26 Å². The van der Waals surface area contributed by atoms with Crippen molar-refractivity contribution in [2.24, 2.45) is 0 Å². The lowest BCUT2D eigenvalue weighted by molar-refractivity contribution is 0.233. The third-order valence-electron chi connectivity index (χ3n) is 3.29. The minimum atomic E-state index is 0.0844. The molecule has 13 heavy (non-hydrogen) atoms. The van der Waals surface area contributed by atoms with Gasteiger partial charge in [-0.25, -0.2) is 0 Å². The third kappa shape index (κ3) is 1.84. The Kier molecular flexibility index (Phi) is 2.52. The summed E-state index contributed by atoms with van der Waals surface area (Å²) in [6, 6.07) is 3.77. The number of nitriles is 1. The first kappa shape index (κ1) is 8.98. The molecule has 3 unspecified atom stereocenters. The van der Waals surface area contributed by atoms with Crippen molar-refractivity contribution >= 4 is 0 Å². The molecule has 0 aromatic carbocycles. The fraction of sp³-hybridized carbons (Fsp3) is 0.900. The standard InChI is InChI=1S/C10H17N3/c1-8(6-11)13-5-4-9-2-3-10(7-13)12-9/h8-10,12H,2-5,7H2,1H3. The van der Waals surface area contributed by atoms with Crippen molar-refractivity contribution in [3.63, 3.8) is 0 Å². The summed E-state index contributed by atoms with van der Waals surface area (Å²) in [4.78, 5) is 2.30. The van der Waals surface area contributed by atoms with E-state index < -0.39 is 0 Å². The van der Waals surface area contributed by atoms with E-state index in [-0.39, 0.29) is 6.04 Å². The first-order chi connectivity index (χ1) is 6.29. The Bertz CT molecular complexity index is 221. The van der Waals surface area contributed by atoms with Crippen LogP contribution in [0.25, 0.3) is 0 Å². The smallest absolute Gasteiger partial charge is 0.0949 e. The van der Waals surface area contributed by atoms with Gasteiger partial charge in [-0.3, -0.25) is 4.90 Å². The zero-order valence-corrected chi connectivity index (χ0v) is 8.16. The molecule has 0 aromatic heterocycles. The summed E-state index contributed by atoms with van der Waals surface area (Å²) in [6.45, 7) is 4.15. The number of likely N-dealkylation sites (tertiary alicyclic amines) is 1.